The van der Waals surface area contributed by atoms with Crippen molar-refractivity contribution in [3.63, 3.8) is 0 Å². The van der Waals surface area contributed by atoms with Gasteiger partial charge in [-0.15, -0.1) is 0 Å². The van der Waals surface area contributed by atoms with Crippen LogP contribution in [0.25, 0.3) is 0 Å². The lowest BCUT2D eigenvalue weighted by atomic mass is 9.99. The molecule has 0 aromatic heterocycles. The lowest BCUT2D eigenvalue weighted by Crippen LogP contribution is -2.13. The van der Waals surface area contributed by atoms with Crippen molar-refractivity contribution < 1.29 is 13.2 Å². The van der Waals surface area contributed by atoms with Crippen LogP contribution in [0.15, 0.2) is 40.9 Å². The van der Waals surface area contributed by atoms with Crippen molar-refractivity contribution in [1.29, 1.82) is 0 Å². The summed E-state index contributed by atoms with van der Waals surface area (Å²) in [6.45, 7) is 0. The second-order valence-electron chi connectivity index (χ2n) is 4.23. The highest BCUT2D eigenvalue weighted by Crippen LogP contribution is 2.23. The molecule has 100 valence electrons. The Bertz CT molecular complexity index is 601. The molecule has 0 bridgehead atoms. The number of hydrogen-bond acceptors (Lipinski definition) is 1. The predicted molar refractivity (Wildman–Crippen MR) is 71.1 cm³/mol. The Hall–Kier alpha value is -1.33. The summed E-state index contributed by atoms with van der Waals surface area (Å²) in [5.74, 6) is -2.16. The highest BCUT2D eigenvalue weighted by molar-refractivity contribution is 9.10. The Labute approximate surface area is 117 Å². The topological polar surface area (TPSA) is 26.0 Å². The van der Waals surface area contributed by atoms with Crippen LogP contribution in [0.2, 0.25) is 0 Å². The molecule has 2 aromatic carbocycles. The van der Waals surface area contributed by atoms with Crippen LogP contribution in [0, 0.1) is 17.5 Å². The number of hydrogen-bond donors (Lipinski definition) is 1. The fourth-order valence-corrected chi connectivity index (χ4v) is 2.18. The smallest absolute Gasteiger partial charge is 0.159 e. The minimum atomic E-state index is -0.898. The minimum absolute atomic E-state index is 0.325. The van der Waals surface area contributed by atoms with Gasteiger partial charge in [0.05, 0.1) is 4.47 Å². The molecule has 0 saturated carbocycles. The third-order valence-corrected chi connectivity index (χ3v) is 3.42. The van der Waals surface area contributed by atoms with Gasteiger partial charge < -0.3 is 5.73 Å². The molecule has 0 heterocycles. The number of benzene rings is 2. The Morgan fingerprint density at radius 1 is 0.947 bits per heavy atom. The quantitative estimate of drug-likeness (QED) is 0.901. The first-order valence-corrected chi connectivity index (χ1v) is 6.41. The third-order valence-electron chi connectivity index (χ3n) is 2.81. The molecule has 0 spiro atoms. The lowest BCUT2D eigenvalue weighted by molar-refractivity contribution is 0.506. The fraction of sp³-hybridized carbons (Fsp3) is 0.143. The molecule has 5 heteroatoms. The molecule has 0 fully saturated rings. The highest BCUT2D eigenvalue weighted by atomic mass is 79.9. The molecule has 19 heavy (non-hydrogen) atoms. The van der Waals surface area contributed by atoms with Gasteiger partial charge in [0.25, 0.3) is 0 Å². The van der Waals surface area contributed by atoms with Crippen molar-refractivity contribution >= 4 is 15.9 Å². The summed E-state index contributed by atoms with van der Waals surface area (Å²) >= 11 is 3.08. The monoisotopic (exact) mass is 329 g/mol. The predicted octanol–water partition coefficient (Wildman–Crippen LogP) is 4.11. The molecule has 2 N–H and O–H groups in total. The molecule has 1 unspecified atom stereocenters. The van der Waals surface area contributed by atoms with E-state index in [0.717, 1.165) is 17.7 Å². The van der Waals surface area contributed by atoms with E-state index in [2.05, 4.69) is 15.9 Å². The molecule has 0 saturated heterocycles. The molecular formula is C14H11BrF3N. The Balaban J connectivity index is 2.17. The van der Waals surface area contributed by atoms with Gasteiger partial charge in [-0.25, -0.2) is 13.2 Å². The van der Waals surface area contributed by atoms with Gasteiger partial charge in [0.1, 0.15) is 5.82 Å². The van der Waals surface area contributed by atoms with Crippen LogP contribution in [0.1, 0.15) is 17.2 Å². The van der Waals surface area contributed by atoms with E-state index in [9.17, 15) is 13.2 Å². The molecule has 0 radical (unpaired) electrons. The van der Waals surface area contributed by atoms with Crippen molar-refractivity contribution in [2.45, 2.75) is 12.5 Å². The third kappa shape index (κ3) is 3.36. The van der Waals surface area contributed by atoms with Gasteiger partial charge >= 0.3 is 0 Å². The SMILES string of the molecule is NC(Cc1ccc(F)c(F)c1)c1ccc(F)c(Br)c1. The van der Waals surface area contributed by atoms with Crippen molar-refractivity contribution in [2.24, 2.45) is 5.73 Å². The summed E-state index contributed by atoms with van der Waals surface area (Å²) in [5.41, 5.74) is 7.28. The van der Waals surface area contributed by atoms with E-state index < -0.39 is 17.7 Å². The largest absolute Gasteiger partial charge is 0.324 e. The summed E-state index contributed by atoms with van der Waals surface area (Å²) in [5, 5.41) is 0. The summed E-state index contributed by atoms with van der Waals surface area (Å²) < 4.78 is 39.3. The van der Waals surface area contributed by atoms with E-state index in [1.165, 1.54) is 12.1 Å². The molecule has 2 aromatic rings. The van der Waals surface area contributed by atoms with Gasteiger partial charge in [-0.2, -0.15) is 0 Å². The van der Waals surface area contributed by atoms with Gasteiger partial charge in [-0.05, 0) is 57.7 Å². The molecule has 0 amide bonds. The Kier molecular flexibility index (Phi) is 4.27. The first kappa shape index (κ1) is 14.1. The summed E-state index contributed by atoms with van der Waals surface area (Å²) in [6, 6.07) is 7.72. The second kappa shape index (κ2) is 5.75. The van der Waals surface area contributed by atoms with E-state index in [-0.39, 0.29) is 5.82 Å². The normalized spacial score (nSPS) is 12.5. The average molecular weight is 330 g/mol. The molecule has 0 aliphatic rings. The van der Waals surface area contributed by atoms with Crippen LogP contribution in [0.5, 0.6) is 0 Å². The minimum Gasteiger partial charge on any atom is -0.324 e. The lowest BCUT2D eigenvalue weighted by Gasteiger charge is -2.13. The van der Waals surface area contributed by atoms with E-state index in [0.29, 0.717) is 16.5 Å². The maximum atomic E-state index is 13.1. The standard InChI is InChI=1S/C14H11BrF3N/c15-10-7-9(2-4-11(10)16)14(19)6-8-1-3-12(17)13(18)5-8/h1-5,7,14H,6,19H2. The van der Waals surface area contributed by atoms with Crippen LogP contribution in [-0.4, -0.2) is 0 Å². The van der Waals surface area contributed by atoms with E-state index >= 15 is 0 Å². The molecule has 0 aliphatic carbocycles. The van der Waals surface area contributed by atoms with Crippen LogP contribution in [-0.2, 0) is 6.42 Å². The van der Waals surface area contributed by atoms with Crippen molar-refractivity contribution in [3.8, 4) is 0 Å². The zero-order chi connectivity index (χ0) is 14.0. The van der Waals surface area contributed by atoms with E-state index in [1.807, 2.05) is 0 Å². The summed E-state index contributed by atoms with van der Waals surface area (Å²) in [6.07, 6.45) is 0.343. The zero-order valence-electron chi connectivity index (χ0n) is 9.84. The van der Waals surface area contributed by atoms with Gasteiger partial charge in [0, 0.05) is 6.04 Å². The Morgan fingerprint density at radius 2 is 1.63 bits per heavy atom. The first-order chi connectivity index (χ1) is 8.97. The number of nitrogens with two attached hydrogens (primary N) is 1. The van der Waals surface area contributed by atoms with E-state index in [4.69, 9.17) is 5.73 Å². The average Bonchev–Trinajstić information content (AvgIpc) is 2.37. The molecular weight excluding hydrogens is 319 g/mol. The van der Waals surface area contributed by atoms with Gasteiger partial charge in [-0.1, -0.05) is 12.1 Å². The molecule has 0 aliphatic heterocycles. The molecule has 2 rings (SSSR count). The van der Waals surface area contributed by atoms with Crippen LogP contribution in [0.4, 0.5) is 13.2 Å². The van der Waals surface area contributed by atoms with Gasteiger partial charge in [-0.3, -0.25) is 0 Å². The van der Waals surface area contributed by atoms with Gasteiger partial charge in [0.15, 0.2) is 11.6 Å². The first-order valence-electron chi connectivity index (χ1n) is 5.62. The van der Waals surface area contributed by atoms with Gasteiger partial charge in [0.2, 0.25) is 0 Å². The zero-order valence-corrected chi connectivity index (χ0v) is 11.4. The van der Waals surface area contributed by atoms with Crippen LogP contribution >= 0.6 is 15.9 Å². The fourth-order valence-electron chi connectivity index (χ4n) is 1.78. The summed E-state index contributed by atoms with van der Waals surface area (Å²) in [4.78, 5) is 0. The van der Waals surface area contributed by atoms with E-state index in [1.54, 1.807) is 12.1 Å². The van der Waals surface area contributed by atoms with Crippen LogP contribution < -0.4 is 5.73 Å². The molecule has 1 atom stereocenters. The number of halogens is 4. The van der Waals surface area contributed by atoms with Crippen molar-refractivity contribution in [1.82, 2.24) is 0 Å². The molecule has 1 nitrogen and oxygen atoms in total. The van der Waals surface area contributed by atoms with Crippen LogP contribution in [0.3, 0.4) is 0 Å². The second-order valence-corrected chi connectivity index (χ2v) is 5.09. The Morgan fingerprint density at radius 3 is 2.26 bits per heavy atom. The maximum absolute atomic E-state index is 13.1. The number of rotatable bonds is 3. The maximum Gasteiger partial charge on any atom is 0.159 e. The highest BCUT2D eigenvalue weighted by Gasteiger charge is 2.11. The summed E-state index contributed by atoms with van der Waals surface area (Å²) in [7, 11) is 0. The van der Waals surface area contributed by atoms with Crippen molar-refractivity contribution in [2.75, 3.05) is 0 Å². The van der Waals surface area contributed by atoms with Crippen molar-refractivity contribution in [3.05, 3.63) is 69.4 Å².